The maximum Gasteiger partial charge on any atom is 0.177 e. The Labute approximate surface area is 153 Å². The zero-order valence-corrected chi connectivity index (χ0v) is 14.5. The molecule has 0 saturated carbocycles. The first-order valence-electron chi connectivity index (χ1n) is 8.16. The first kappa shape index (κ1) is 15.0. The van der Waals surface area contributed by atoms with E-state index in [2.05, 4.69) is 27.3 Å². The van der Waals surface area contributed by atoms with E-state index < -0.39 is 0 Å². The van der Waals surface area contributed by atoms with Gasteiger partial charge in [0.2, 0.25) is 0 Å². The van der Waals surface area contributed by atoms with Crippen molar-refractivity contribution in [1.82, 2.24) is 24.8 Å². The molecule has 7 heteroatoms. The van der Waals surface area contributed by atoms with Gasteiger partial charge in [0.15, 0.2) is 11.5 Å². The highest BCUT2D eigenvalue weighted by atomic mass is 32.1. The van der Waals surface area contributed by atoms with Crippen LogP contribution >= 0.6 is 11.3 Å². The Kier molecular flexibility index (Phi) is 3.39. The van der Waals surface area contributed by atoms with E-state index in [-0.39, 0.29) is 0 Å². The molecule has 5 aromatic rings. The highest BCUT2D eigenvalue weighted by Gasteiger charge is 2.10. The van der Waals surface area contributed by atoms with Gasteiger partial charge in [0.1, 0.15) is 0 Å². The number of aromatic nitrogens is 5. The predicted molar refractivity (Wildman–Crippen MR) is 103 cm³/mol. The van der Waals surface area contributed by atoms with E-state index in [1.54, 1.807) is 15.9 Å². The molecule has 2 aromatic carbocycles. The van der Waals surface area contributed by atoms with Crippen LogP contribution in [0.1, 0.15) is 11.4 Å². The van der Waals surface area contributed by atoms with Crippen molar-refractivity contribution in [2.24, 2.45) is 0 Å². The fourth-order valence-corrected chi connectivity index (χ4v) is 3.73. The van der Waals surface area contributed by atoms with Crippen LogP contribution in [0.5, 0.6) is 0 Å². The van der Waals surface area contributed by atoms with Gasteiger partial charge in [-0.25, -0.2) is 4.98 Å². The summed E-state index contributed by atoms with van der Waals surface area (Å²) < 4.78 is 2.97. The van der Waals surface area contributed by atoms with E-state index in [0.717, 1.165) is 33.8 Å². The van der Waals surface area contributed by atoms with Crippen molar-refractivity contribution >= 4 is 32.9 Å². The number of nitrogens with two attached hydrogens (primary N) is 1. The minimum absolute atomic E-state index is 0.655. The maximum absolute atomic E-state index is 5.89. The summed E-state index contributed by atoms with van der Waals surface area (Å²) in [5, 5.41) is 13.3. The third-order valence-electron chi connectivity index (χ3n) is 4.27. The van der Waals surface area contributed by atoms with Crippen LogP contribution in [0.4, 0.5) is 5.69 Å². The van der Waals surface area contributed by atoms with Crippen molar-refractivity contribution < 1.29 is 0 Å². The molecule has 0 fully saturated rings. The SMILES string of the molecule is Nc1cccc(-c2ccc3nnc(Cc4ccc5ncsc5c4)n3n2)c1. The van der Waals surface area contributed by atoms with Crippen molar-refractivity contribution in [2.75, 3.05) is 5.73 Å². The zero-order valence-electron chi connectivity index (χ0n) is 13.7. The van der Waals surface area contributed by atoms with E-state index >= 15 is 0 Å². The van der Waals surface area contributed by atoms with Gasteiger partial charge in [-0.1, -0.05) is 18.2 Å². The van der Waals surface area contributed by atoms with E-state index in [1.807, 2.05) is 48.0 Å². The third kappa shape index (κ3) is 2.58. The smallest absolute Gasteiger partial charge is 0.177 e. The standard InChI is InChI=1S/C19H14N6S/c20-14-3-1-2-13(10-14)15-6-7-18-22-23-19(25(18)24-15)9-12-4-5-16-17(8-12)26-11-21-16/h1-8,10-11H,9,20H2. The molecular weight excluding hydrogens is 344 g/mol. The van der Waals surface area contributed by atoms with Crippen molar-refractivity contribution in [3.63, 3.8) is 0 Å². The number of anilines is 1. The minimum Gasteiger partial charge on any atom is -0.399 e. The topological polar surface area (TPSA) is 82.0 Å². The fourth-order valence-electron chi connectivity index (χ4n) is 2.99. The van der Waals surface area contributed by atoms with Gasteiger partial charge in [0.05, 0.1) is 21.4 Å². The van der Waals surface area contributed by atoms with Crippen LogP contribution in [0, 0.1) is 0 Å². The molecule has 3 aromatic heterocycles. The van der Waals surface area contributed by atoms with Gasteiger partial charge in [-0.3, -0.25) is 0 Å². The molecule has 0 amide bonds. The van der Waals surface area contributed by atoms with Crippen molar-refractivity contribution in [1.29, 1.82) is 0 Å². The zero-order chi connectivity index (χ0) is 17.5. The van der Waals surface area contributed by atoms with E-state index in [9.17, 15) is 0 Å². The van der Waals surface area contributed by atoms with E-state index in [1.165, 1.54) is 4.70 Å². The molecule has 0 aliphatic heterocycles. The molecular formula is C19H14N6S. The first-order valence-corrected chi connectivity index (χ1v) is 9.04. The predicted octanol–water partition coefficient (Wildman–Crippen LogP) is 3.57. The molecule has 6 nitrogen and oxygen atoms in total. The van der Waals surface area contributed by atoms with Gasteiger partial charge in [0.25, 0.3) is 0 Å². The number of rotatable bonds is 3. The van der Waals surface area contributed by atoms with Crippen LogP contribution in [-0.2, 0) is 6.42 Å². The van der Waals surface area contributed by atoms with Gasteiger partial charge in [-0.2, -0.15) is 9.61 Å². The molecule has 0 aliphatic carbocycles. The Morgan fingerprint density at radius 3 is 2.88 bits per heavy atom. The Bertz CT molecular complexity index is 1240. The van der Waals surface area contributed by atoms with Gasteiger partial charge in [-0.05, 0) is 42.0 Å². The van der Waals surface area contributed by atoms with Crippen LogP contribution in [0.25, 0.3) is 27.1 Å². The molecule has 0 radical (unpaired) electrons. The van der Waals surface area contributed by atoms with Gasteiger partial charge >= 0.3 is 0 Å². The van der Waals surface area contributed by atoms with Crippen molar-refractivity contribution in [3.8, 4) is 11.3 Å². The second-order valence-corrected chi connectivity index (χ2v) is 6.95. The lowest BCUT2D eigenvalue weighted by Crippen LogP contribution is -2.01. The minimum atomic E-state index is 0.655. The summed E-state index contributed by atoms with van der Waals surface area (Å²) >= 11 is 1.64. The van der Waals surface area contributed by atoms with Crippen LogP contribution in [-0.4, -0.2) is 24.8 Å². The molecule has 5 rings (SSSR count). The number of nitrogens with zero attached hydrogens (tertiary/aromatic N) is 5. The molecule has 0 saturated heterocycles. The second kappa shape index (κ2) is 5.89. The number of thiazole rings is 1. The van der Waals surface area contributed by atoms with Gasteiger partial charge in [0, 0.05) is 17.7 Å². The van der Waals surface area contributed by atoms with Crippen LogP contribution in [0.15, 0.2) is 60.1 Å². The Hall–Kier alpha value is -3.32. The first-order chi connectivity index (χ1) is 12.8. The summed E-state index contributed by atoms with van der Waals surface area (Å²) in [6, 6.07) is 17.8. The molecule has 0 unspecified atom stereocenters. The highest BCUT2D eigenvalue weighted by molar-refractivity contribution is 7.16. The van der Waals surface area contributed by atoms with Crippen LogP contribution < -0.4 is 5.73 Å². The van der Waals surface area contributed by atoms with Gasteiger partial charge < -0.3 is 5.73 Å². The van der Waals surface area contributed by atoms with E-state index in [4.69, 9.17) is 10.8 Å². The molecule has 0 bridgehead atoms. The maximum atomic E-state index is 5.89. The van der Waals surface area contributed by atoms with Crippen LogP contribution in [0.3, 0.4) is 0 Å². The lowest BCUT2D eigenvalue weighted by Gasteiger charge is -2.04. The molecule has 3 heterocycles. The molecule has 0 atom stereocenters. The lowest BCUT2D eigenvalue weighted by molar-refractivity contribution is 0.842. The Balaban J connectivity index is 1.56. The van der Waals surface area contributed by atoms with E-state index in [0.29, 0.717) is 12.1 Å². The number of benzene rings is 2. The molecule has 2 N–H and O–H groups in total. The number of nitrogen functional groups attached to an aromatic ring is 1. The second-order valence-electron chi connectivity index (χ2n) is 6.06. The number of hydrogen-bond acceptors (Lipinski definition) is 6. The molecule has 0 aliphatic rings. The summed E-state index contributed by atoms with van der Waals surface area (Å²) in [7, 11) is 0. The van der Waals surface area contributed by atoms with Gasteiger partial charge in [-0.15, -0.1) is 21.5 Å². The third-order valence-corrected chi connectivity index (χ3v) is 5.06. The highest BCUT2D eigenvalue weighted by Crippen LogP contribution is 2.22. The number of fused-ring (bicyclic) bond motifs is 2. The summed E-state index contributed by atoms with van der Waals surface area (Å²) in [4.78, 5) is 4.32. The summed E-state index contributed by atoms with van der Waals surface area (Å²) in [5.74, 6) is 0.801. The van der Waals surface area contributed by atoms with Crippen molar-refractivity contribution in [2.45, 2.75) is 6.42 Å². The quantitative estimate of drug-likeness (QED) is 0.499. The lowest BCUT2D eigenvalue weighted by atomic mass is 10.1. The number of hydrogen-bond donors (Lipinski definition) is 1. The monoisotopic (exact) mass is 358 g/mol. The summed E-state index contributed by atoms with van der Waals surface area (Å²) in [6.45, 7) is 0. The average molecular weight is 358 g/mol. The fraction of sp³-hybridized carbons (Fsp3) is 0.0526. The summed E-state index contributed by atoms with van der Waals surface area (Å²) in [5.41, 5.74) is 13.2. The Morgan fingerprint density at radius 2 is 1.96 bits per heavy atom. The van der Waals surface area contributed by atoms with Crippen LogP contribution in [0.2, 0.25) is 0 Å². The Morgan fingerprint density at radius 1 is 1.00 bits per heavy atom. The van der Waals surface area contributed by atoms with Crippen molar-refractivity contribution in [3.05, 3.63) is 71.5 Å². The normalized spacial score (nSPS) is 11.4. The summed E-state index contributed by atoms with van der Waals surface area (Å²) in [6.07, 6.45) is 0.655. The largest absolute Gasteiger partial charge is 0.399 e. The average Bonchev–Trinajstić information content (AvgIpc) is 3.28. The molecule has 126 valence electrons. The molecule has 26 heavy (non-hydrogen) atoms. The molecule has 0 spiro atoms.